The first-order valence-corrected chi connectivity index (χ1v) is 23.7. The standard InChI is InChI=1S/C42H48N7O7PSi/c1-4-33-37(56-57-49-24-14-22-32(49)34(55-57)27-58(3,30-18-10-6-11-19-30)31-20-12-7-13-21-31)38(51-2)41(54-33)48-28-44-36-39(48)46-42(47-40(36)52-25-15-23-43)45-35(50)26-53-29-16-8-5-9-17-29/h5-13,16-21,28,32-34,37-38,41H,4,14-15,22,24-27H2,1-3H3,(H,45,46,47,50)/t32-,33+,34+,37-,38?,41+,57+/m0/s1. The lowest BCUT2D eigenvalue weighted by atomic mass is 10.1. The molecule has 3 aliphatic rings. The molecule has 0 saturated carbocycles. The second-order valence-corrected chi connectivity index (χ2v) is 20.5. The molecular weight excluding hydrogens is 774 g/mol. The minimum atomic E-state index is -2.19. The number of methoxy groups -OCH3 is 1. The fourth-order valence-electron chi connectivity index (χ4n) is 8.28. The summed E-state index contributed by atoms with van der Waals surface area (Å²) >= 11 is 0. The van der Waals surface area contributed by atoms with Crippen LogP contribution in [-0.2, 0) is 23.3 Å². The van der Waals surface area contributed by atoms with E-state index in [0.717, 1.165) is 25.4 Å². The third-order valence-electron chi connectivity index (χ3n) is 11.2. The second kappa shape index (κ2) is 18.0. The molecule has 3 saturated heterocycles. The van der Waals surface area contributed by atoms with Crippen LogP contribution >= 0.6 is 8.53 Å². The Morgan fingerprint density at radius 2 is 1.69 bits per heavy atom. The molecular formula is C42H48N7O7PSi. The third kappa shape index (κ3) is 8.24. The summed E-state index contributed by atoms with van der Waals surface area (Å²) in [5.74, 6) is 0.209. The number of nitriles is 1. The first kappa shape index (κ1) is 40.0. The second-order valence-electron chi connectivity index (χ2n) is 14.8. The van der Waals surface area contributed by atoms with E-state index in [1.165, 1.54) is 10.4 Å². The molecule has 0 radical (unpaired) electrons. The molecule has 58 heavy (non-hydrogen) atoms. The Bertz CT molecular complexity index is 2160. The normalized spacial score (nSPS) is 24.4. The molecule has 5 aromatic rings. The van der Waals surface area contributed by atoms with Gasteiger partial charge >= 0.3 is 0 Å². The minimum Gasteiger partial charge on any atom is -0.484 e. The summed E-state index contributed by atoms with van der Waals surface area (Å²) in [6.45, 7) is 5.26. The van der Waals surface area contributed by atoms with Crippen molar-refractivity contribution in [3.63, 3.8) is 0 Å². The number of carbonyl (C=O) groups is 1. The van der Waals surface area contributed by atoms with Gasteiger partial charge < -0.3 is 28.0 Å². The number of imidazole rings is 1. The minimum absolute atomic E-state index is 0.00911. The highest BCUT2D eigenvalue weighted by atomic mass is 31.2. The fraction of sp³-hybridized carbons (Fsp3) is 0.405. The molecule has 3 fully saturated rings. The highest BCUT2D eigenvalue weighted by Gasteiger charge is 2.54. The number of hydrogen-bond acceptors (Lipinski definition) is 12. The molecule has 1 N–H and O–H groups in total. The predicted molar refractivity (Wildman–Crippen MR) is 222 cm³/mol. The average Bonchev–Trinajstić information content (AvgIpc) is 4.05. The van der Waals surface area contributed by atoms with Crippen molar-refractivity contribution >= 4 is 50.0 Å². The van der Waals surface area contributed by atoms with Crippen LogP contribution in [0.2, 0.25) is 12.6 Å². The van der Waals surface area contributed by atoms with Crippen molar-refractivity contribution in [2.75, 3.05) is 32.2 Å². The zero-order valence-corrected chi connectivity index (χ0v) is 34.7. The van der Waals surface area contributed by atoms with Crippen LogP contribution in [0.5, 0.6) is 11.6 Å². The summed E-state index contributed by atoms with van der Waals surface area (Å²) < 4.78 is 42.8. The summed E-state index contributed by atoms with van der Waals surface area (Å²) in [6, 6.07) is 34.1. The van der Waals surface area contributed by atoms with E-state index in [-0.39, 0.29) is 49.7 Å². The number of fused-ring (bicyclic) bond motifs is 2. The maximum Gasteiger partial charge on any atom is 0.264 e. The van der Waals surface area contributed by atoms with Gasteiger partial charge in [0.2, 0.25) is 11.8 Å². The molecule has 7 atom stereocenters. The summed E-state index contributed by atoms with van der Waals surface area (Å²) in [7, 11) is -1.95. The molecule has 14 nitrogen and oxygen atoms in total. The summed E-state index contributed by atoms with van der Waals surface area (Å²) in [4.78, 5) is 26.8. The highest BCUT2D eigenvalue weighted by molar-refractivity contribution is 7.45. The van der Waals surface area contributed by atoms with Crippen molar-refractivity contribution in [1.82, 2.24) is 24.2 Å². The van der Waals surface area contributed by atoms with Crippen LogP contribution in [0.15, 0.2) is 97.3 Å². The molecule has 0 bridgehead atoms. The molecule has 5 heterocycles. The van der Waals surface area contributed by atoms with Crippen molar-refractivity contribution in [2.24, 2.45) is 0 Å². The first-order valence-electron chi connectivity index (χ1n) is 19.8. The van der Waals surface area contributed by atoms with Gasteiger partial charge in [-0.2, -0.15) is 15.2 Å². The van der Waals surface area contributed by atoms with Crippen LogP contribution in [-0.4, -0.2) is 95.5 Å². The van der Waals surface area contributed by atoms with Crippen LogP contribution in [0.4, 0.5) is 5.95 Å². The zero-order valence-electron chi connectivity index (χ0n) is 32.8. The van der Waals surface area contributed by atoms with Crippen molar-refractivity contribution in [2.45, 2.75) is 81.9 Å². The van der Waals surface area contributed by atoms with Gasteiger partial charge in [-0.05, 0) is 37.4 Å². The van der Waals surface area contributed by atoms with E-state index < -0.39 is 40.9 Å². The summed E-state index contributed by atoms with van der Waals surface area (Å²) in [5, 5.41) is 14.7. The average molecular weight is 822 g/mol. The molecule has 8 rings (SSSR count). The third-order valence-corrected chi connectivity index (χ3v) is 17.4. The van der Waals surface area contributed by atoms with Crippen LogP contribution in [0, 0.1) is 11.3 Å². The van der Waals surface area contributed by atoms with E-state index >= 15 is 0 Å². The Morgan fingerprint density at radius 3 is 2.36 bits per heavy atom. The van der Waals surface area contributed by atoms with E-state index in [1.54, 1.807) is 30.1 Å². The van der Waals surface area contributed by atoms with Gasteiger partial charge in [-0.3, -0.25) is 14.7 Å². The number of para-hydroxylation sites is 1. The van der Waals surface area contributed by atoms with Gasteiger partial charge in [0, 0.05) is 19.7 Å². The van der Waals surface area contributed by atoms with Gasteiger partial charge in [0.25, 0.3) is 14.4 Å². The van der Waals surface area contributed by atoms with Crippen molar-refractivity contribution in [3.05, 3.63) is 97.3 Å². The number of nitrogens with one attached hydrogen (secondary N) is 1. The van der Waals surface area contributed by atoms with Crippen molar-refractivity contribution in [3.8, 4) is 17.7 Å². The lowest BCUT2D eigenvalue weighted by Crippen LogP contribution is -2.58. The van der Waals surface area contributed by atoms with Crippen LogP contribution in [0.3, 0.4) is 0 Å². The topological polar surface area (TPSA) is 155 Å². The molecule has 2 aromatic heterocycles. The fourth-order valence-corrected chi connectivity index (χ4v) is 14.3. The van der Waals surface area contributed by atoms with E-state index in [0.29, 0.717) is 23.3 Å². The van der Waals surface area contributed by atoms with Gasteiger partial charge in [0.15, 0.2) is 24.0 Å². The maximum atomic E-state index is 13.0. The van der Waals surface area contributed by atoms with Gasteiger partial charge in [-0.25, -0.2) is 9.65 Å². The number of amides is 1. The molecule has 302 valence electrons. The van der Waals surface area contributed by atoms with Gasteiger partial charge in [-0.15, -0.1) is 0 Å². The molecule has 1 amide bonds. The van der Waals surface area contributed by atoms with E-state index in [2.05, 4.69) is 100 Å². The molecule has 3 aromatic carbocycles. The van der Waals surface area contributed by atoms with Crippen LogP contribution in [0.1, 0.15) is 38.8 Å². The maximum absolute atomic E-state index is 13.0. The Hall–Kier alpha value is -4.78. The molecule has 16 heteroatoms. The van der Waals surface area contributed by atoms with E-state index in [9.17, 15) is 4.79 Å². The monoisotopic (exact) mass is 821 g/mol. The van der Waals surface area contributed by atoms with Crippen molar-refractivity contribution < 1.29 is 32.8 Å². The largest absolute Gasteiger partial charge is 0.484 e. The molecule has 1 unspecified atom stereocenters. The summed E-state index contributed by atoms with van der Waals surface area (Å²) in [5.41, 5.74) is 0.708. The number of ether oxygens (including phenoxy) is 4. The Labute approximate surface area is 340 Å². The van der Waals surface area contributed by atoms with Gasteiger partial charge in [-0.1, -0.05) is 103 Å². The molecule has 0 aliphatic carbocycles. The van der Waals surface area contributed by atoms with Crippen molar-refractivity contribution in [1.29, 1.82) is 5.26 Å². The number of aromatic nitrogens is 4. The SMILES string of the molecule is CC[C@H]1O[C@@H](n2cnc3c(OCCC#N)nc(NC(=O)COc4ccccc4)nc32)C(OC)[C@H]1O[P@@]1O[C@H](C[Si](C)(c2ccccc2)c2ccccc2)[C@@H]2CCCN21. The van der Waals surface area contributed by atoms with E-state index in [1.807, 2.05) is 18.2 Å². The smallest absolute Gasteiger partial charge is 0.264 e. The number of anilines is 1. The summed E-state index contributed by atoms with van der Waals surface area (Å²) in [6.07, 6.45) is 2.55. The lowest BCUT2D eigenvalue weighted by molar-refractivity contribution is -0.118. The predicted octanol–water partition coefficient (Wildman–Crippen LogP) is 5.83. The van der Waals surface area contributed by atoms with Gasteiger partial charge in [0.05, 0.1) is 31.0 Å². The molecule has 0 spiro atoms. The lowest BCUT2D eigenvalue weighted by Gasteiger charge is -2.32. The van der Waals surface area contributed by atoms with Gasteiger partial charge in [0.1, 0.15) is 32.6 Å². The van der Waals surface area contributed by atoms with Crippen LogP contribution in [0.25, 0.3) is 11.2 Å². The number of benzene rings is 3. The van der Waals surface area contributed by atoms with E-state index in [4.69, 9.17) is 38.2 Å². The highest BCUT2D eigenvalue weighted by Crippen LogP contribution is 2.59. The quantitative estimate of drug-likeness (QED) is 0.0724. The Morgan fingerprint density at radius 1 is 0.983 bits per heavy atom. The zero-order chi connectivity index (χ0) is 40.1. The number of carbonyl (C=O) groups excluding carboxylic acids is 1. The molecule has 3 aliphatic heterocycles. The Balaban J connectivity index is 1.04. The van der Waals surface area contributed by atoms with Crippen LogP contribution < -0.4 is 25.2 Å². The number of nitrogens with zero attached hydrogens (tertiary/aromatic N) is 6. The Kier molecular flexibility index (Phi) is 12.4. The number of rotatable bonds is 16. The first-order chi connectivity index (χ1) is 28.4. The number of hydrogen-bond donors (Lipinski definition) is 1.